The Balaban J connectivity index is 2.77. The van der Waals surface area contributed by atoms with Gasteiger partial charge in [0.2, 0.25) is 0 Å². The zero-order valence-corrected chi connectivity index (χ0v) is 11.7. The Labute approximate surface area is 105 Å². The van der Waals surface area contributed by atoms with Crippen LogP contribution in [0.2, 0.25) is 0 Å². The highest BCUT2D eigenvalue weighted by atomic mass is 14.9. The molecule has 0 amide bonds. The molecular weight excluding hydrogens is 208 g/mol. The lowest BCUT2D eigenvalue weighted by molar-refractivity contribution is 0.385. The predicted octanol–water partition coefficient (Wildman–Crippen LogP) is 4.70. The minimum absolute atomic E-state index is 0.370. The third kappa shape index (κ3) is 5.12. The van der Waals surface area contributed by atoms with Crippen molar-refractivity contribution >= 4 is 11.5 Å². The van der Waals surface area contributed by atoms with Crippen molar-refractivity contribution in [3.63, 3.8) is 0 Å². The summed E-state index contributed by atoms with van der Waals surface area (Å²) in [5.74, 6) is 0.873. The van der Waals surface area contributed by atoms with Crippen molar-refractivity contribution in [2.45, 2.75) is 53.9 Å². The molecule has 0 bridgehead atoms. The second kappa shape index (κ2) is 5.95. The Morgan fingerprint density at radius 1 is 1.35 bits per heavy atom. The first-order chi connectivity index (χ1) is 7.92. The maximum atomic E-state index is 4.69. The SMILES string of the molecule is CC/C(CCC(C)(C)C)=N\c1ncccc1C. The number of nitrogens with zero attached hydrogens (tertiary/aromatic N) is 2. The van der Waals surface area contributed by atoms with Crippen molar-refractivity contribution in [3.8, 4) is 0 Å². The van der Waals surface area contributed by atoms with E-state index in [1.807, 2.05) is 12.3 Å². The van der Waals surface area contributed by atoms with Crippen LogP contribution in [0.5, 0.6) is 0 Å². The van der Waals surface area contributed by atoms with Crippen LogP contribution in [0.15, 0.2) is 23.3 Å². The molecule has 0 aliphatic rings. The van der Waals surface area contributed by atoms with Gasteiger partial charge in [-0.25, -0.2) is 9.98 Å². The number of aromatic nitrogens is 1. The van der Waals surface area contributed by atoms with Gasteiger partial charge in [0.05, 0.1) is 0 Å². The van der Waals surface area contributed by atoms with Crippen molar-refractivity contribution in [1.29, 1.82) is 0 Å². The van der Waals surface area contributed by atoms with Gasteiger partial charge in [0.1, 0.15) is 0 Å². The normalized spacial score (nSPS) is 12.9. The Hall–Kier alpha value is -1.18. The molecule has 94 valence electrons. The average molecular weight is 232 g/mol. The van der Waals surface area contributed by atoms with E-state index in [1.54, 1.807) is 0 Å². The first kappa shape index (κ1) is 13.9. The van der Waals surface area contributed by atoms with Crippen LogP contribution in [0.1, 0.15) is 52.5 Å². The molecule has 1 aromatic heterocycles. The molecule has 0 aliphatic carbocycles. The largest absolute Gasteiger partial charge is 0.238 e. The van der Waals surface area contributed by atoms with Crippen molar-refractivity contribution in [3.05, 3.63) is 23.9 Å². The lowest BCUT2D eigenvalue weighted by Gasteiger charge is -2.18. The number of aryl methyl sites for hydroxylation is 1. The monoisotopic (exact) mass is 232 g/mol. The number of aliphatic imine (C=N–C) groups is 1. The second-order valence-corrected chi connectivity index (χ2v) is 5.74. The Bertz CT molecular complexity index is 386. The van der Waals surface area contributed by atoms with E-state index in [4.69, 9.17) is 0 Å². The summed E-state index contributed by atoms with van der Waals surface area (Å²) in [4.78, 5) is 9.01. The molecule has 0 atom stereocenters. The molecule has 1 aromatic rings. The summed E-state index contributed by atoms with van der Waals surface area (Å²) in [6.45, 7) is 11.0. The standard InChI is InChI=1S/C15H24N2/c1-6-13(9-10-15(3,4)5)17-14-12(2)8-7-11-16-14/h7-8,11H,6,9-10H2,1-5H3/b17-13+. The third-order valence-electron chi connectivity index (χ3n) is 2.82. The minimum atomic E-state index is 0.370. The van der Waals surface area contributed by atoms with Gasteiger partial charge in [0.25, 0.3) is 0 Å². The first-order valence-electron chi connectivity index (χ1n) is 6.40. The van der Waals surface area contributed by atoms with E-state index in [0.29, 0.717) is 5.41 Å². The van der Waals surface area contributed by atoms with E-state index in [0.717, 1.165) is 24.2 Å². The summed E-state index contributed by atoms with van der Waals surface area (Å²) in [7, 11) is 0. The fourth-order valence-corrected chi connectivity index (χ4v) is 1.58. The highest BCUT2D eigenvalue weighted by Crippen LogP contribution is 2.23. The molecule has 1 rings (SSSR count). The van der Waals surface area contributed by atoms with Crippen molar-refractivity contribution < 1.29 is 0 Å². The van der Waals surface area contributed by atoms with E-state index < -0.39 is 0 Å². The molecule has 2 heteroatoms. The van der Waals surface area contributed by atoms with Crippen molar-refractivity contribution in [2.75, 3.05) is 0 Å². The fraction of sp³-hybridized carbons (Fsp3) is 0.600. The molecular formula is C15H24N2. The van der Waals surface area contributed by atoms with Gasteiger partial charge in [0, 0.05) is 11.9 Å². The van der Waals surface area contributed by atoms with Gasteiger partial charge in [-0.15, -0.1) is 0 Å². The minimum Gasteiger partial charge on any atom is -0.238 e. The van der Waals surface area contributed by atoms with E-state index in [1.165, 1.54) is 12.1 Å². The molecule has 0 N–H and O–H groups in total. The lowest BCUT2D eigenvalue weighted by Crippen LogP contribution is -2.08. The number of hydrogen-bond acceptors (Lipinski definition) is 2. The summed E-state index contributed by atoms with van der Waals surface area (Å²) in [5.41, 5.74) is 2.77. The lowest BCUT2D eigenvalue weighted by atomic mass is 9.89. The molecule has 0 spiro atoms. The van der Waals surface area contributed by atoms with Gasteiger partial charge < -0.3 is 0 Å². The van der Waals surface area contributed by atoms with Crippen LogP contribution in [-0.4, -0.2) is 10.7 Å². The van der Waals surface area contributed by atoms with E-state index in [9.17, 15) is 0 Å². The molecule has 1 heterocycles. The highest BCUT2D eigenvalue weighted by molar-refractivity contribution is 5.86. The van der Waals surface area contributed by atoms with E-state index in [-0.39, 0.29) is 0 Å². The summed E-state index contributed by atoms with van der Waals surface area (Å²) < 4.78 is 0. The highest BCUT2D eigenvalue weighted by Gasteiger charge is 2.11. The Morgan fingerprint density at radius 2 is 2.06 bits per heavy atom. The zero-order chi connectivity index (χ0) is 12.9. The van der Waals surface area contributed by atoms with E-state index >= 15 is 0 Å². The smallest absolute Gasteiger partial charge is 0.154 e. The van der Waals surface area contributed by atoms with Crippen LogP contribution in [-0.2, 0) is 0 Å². The quantitative estimate of drug-likeness (QED) is 0.691. The zero-order valence-electron chi connectivity index (χ0n) is 11.7. The van der Waals surface area contributed by atoms with Gasteiger partial charge in [0.15, 0.2) is 5.82 Å². The summed E-state index contributed by atoms with van der Waals surface area (Å²) in [6.07, 6.45) is 5.05. The molecule has 0 radical (unpaired) electrons. The molecule has 0 saturated heterocycles. The number of hydrogen-bond donors (Lipinski definition) is 0. The molecule has 2 nitrogen and oxygen atoms in total. The number of pyridine rings is 1. The fourth-order valence-electron chi connectivity index (χ4n) is 1.58. The maximum absolute atomic E-state index is 4.69. The van der Waals surface area contributed by atoms with Gasteiger partial charge in [-0.2, -0.15) is 0 Å². The summed E-state index contributed by atoms with van der Waals surface area (Å²) >= 11 is 0. The maximum Gasteiger partial charge on any atom is 0.154 e. The van der Waals surface area contributed by atoms with Crippen LogP contribution in [0.4, 0.5) is 5.82 Å². The van der Waals surface area contributed by atoms with Gasteiger partial charge >= 0.3 is 0 Å². The van der Waals surface area contributed by atoms with Crippen molar-refractivity contribution in [1.82, 2.24) is 4.98 Å². The van der Waals surface area contributed by atoms with Crippen molar-refractivity contribution in [2.24, 2.45) is 10.4 Å². The van der Waals surface area contributed by atoms with Crippen LogP contribution in [0, 0.1) is 12.3 Å². The third-order valence-corrected chi connectivity index (χ3v) is 2.82. The molecule has 0 saturated carbocycles. The molecule has 0 unspecified atom stereocenters. The van der Waals surface area contributed by atoms with E-state index in [2.05, 4.69) is 50.7 Å². The second-order valence-electron chi connectivity index (χ2n) is 5.74. The topological polar surface area (TPSA) is 25.2 Å². The molecule has 0 aromatic carbocycles. The summed E-state index contributed by atoms with van der Waals surface area (Å²) in [5, 5.41) is 0. The molecule has 17 heavy (non-hydrogen) atoms. The first-order valence-corrected chi connectivity index (χ1v) is 6.40. The Morgan fingerprint density at radius 3 is 2.59 bits per heavy atom. The van der Waals surface area contributed by atoms with Crippen LogP contribution < -0.4 is 0 Å². The predicted molar refractivity (Wildman–Crippen MR) is 75.0 cm³/mol. The van der Waals surface area contributed by atoms with Gasteiger partial charge in [-0.3, -0.25) is 0 Å². The molecule has 0 fully saturated rings. The molecule has 0 aliphatic heterocycles. The Kier molecular flexibility index (Phi) is 4.86. The number of rotatable bonds is 4. The van der Waals surface area contributed by atoms with Gasteiger partial charge in [-0.1, -0.05) is 33.8 Å². The van der Waals surface area contributed by atoms with Crippen LogP contribution in [0.3, 0.4) is 0 Å². The van der Waals surface area contributed by atoms with Crippen LogP contribution >= 0.6 is 0 Å². The average Bonchev–Trinajstić information content (AvgIpc) is 2.25. The van der Waals surface area contributed by atoms with Gasteiger partial charge in [-0.05, 0) is 43.2 Å². The summed E-state index contributed by atoms with van der Waals surface area (Å²) in [6, 6.07) is 4.01. The van der Waals surface area contributed by atoms with Crippen LogP contribution in [0.25, 0.3) is 0 Å².